The van der Waals surface area contributed by atoms with Crippen LogP contribution in [0.4, 0.5) is 0 Å². The summed E-state index contributed by atoms with van der Waals surface area (Å²) in [5.41, 5.74) is 0.965. The smallest absolute Gasteiger partial charge is 0.264 e. The Morgan fingerprint density at radius 1 is 1.29 bits per heavy atom. The van der Waals surface area contributed by atoms with Gasteiger partial charge < -0.3 is 0 Å². The first-order chi connectivity index (χ1) is 6.42. The van der Waals surface area contributed by atoms with Gasteiger partial charge in [0.05, 0.1) is 4.90 Å². The molecule has 1 N–H and O–H groups in total. The molecule has 0 spiro atoms. The molecule has 0 aliphatic heterocycles. The predicted molar refractivity (Wildman–Crippen MR) is 54.3 cm³/mol. The van der Waals surface area contributed by atoms with Gasteiger partial charge in [-0.2, -0.15) is 0 Å². The van der Waals surface area contributed by atoms with E-state index in [2.05, 4.69) is 0 Å². The zero-order chi connectivity index (χ0) is 10.8. The number of aryl methyl sites for hydroxylation is 1. The molecule has 14 heavy (non-hydrogen) atoms. The number of carbonyl (C=O) groups is 1. The second-order valence-corrected chi connectivity index (χ2v) is 4.66. The third kappa shape index (κ3) is 2.56. The summed E-state index contributed by atoms with van der Waals surface area (Å²) in [6, 6.07) is 6.27. The van der Waals surface area contributed by atoms with Crippen LogP contribution in [0.25, 0.3) is 0 Å². The molecular formula is C9H13NO3S. The summed E-state index contributed by atoms with van der Waals surface area (Å²) in [5.74, 6) is -0.592. The van der Waals surface area contributed by atoms with Crippen molar-refractivity contribution in [2.24, 2.45) is 0 Å². The lowest BCUT2D eigenvalue weighted by atomic mass is 10.2. The van der Waals surface area contributed by atoms with Crippen LogP contribution in [0.15, 0.2) is 29.2 Å². The van der Waals surface area contributed by atoms with Crippen molar-refractivity contribution < 1.29 is 14.6 Å². The van der Waals surface area contributed by atoms with Gasteiger partial charge in [0, 0.05) is 8.35 Å². The van der Waals surface area contributed by atoms with Crippen molar-refractivity contribution in [1.29, 1.82) is 0 Å². The van der Waals surface area contributed by atoms with Crippen LogP contribution in [0.1, 0.15) is 13.9 Å². The highest BCUT2D eigenvalue weighted by Crippen LogP contribution is 2.09. The molecule has 0 saturated carbocycles. The van der Waals surface area contributed by atoms with E-state index in [-0.39, 0.29) is 6.32 Å². The quantitative estimate of drug-likeness (QED) is 0.802. The number of hydrogen-bond donors (Lipinski definition) is 1. The van der Waals surface area contributed by atoms with Crippen LogP contribution in [0.5, 0.6) is 0 Å². The van der Waals surface area contributed by atoms with Gasteiger partial charge in [0.25, 0.3) is 10.0 Å². The molecule has 0 heterocycles. The zero-order valence-electron chi connectivity index (χ0n) is 7.94. The number of hydrogen-bond acceptors (Lipinski definition) is 3. The van der Waals surface area contributed by atoms with E-state index in [1.54, 1.807) is 12.1 Å². The molecule has 0 saturated heterocycles. The highest BCUT2D eigenvalue weighted by Gasteiger charge is 2.14. The van der Waals surface area contributed by atoms with Crippen LogP contribution in [-0.4, -0.2) is 14.3 Å². The molecule has 78 valence electrons. The van der Waals surface area contributed by atoms with Gasteiger partial charge in [-0.15, -0.1) is 0 Å². The largest absolute Gasteiger partial charge is 0.274 e. The van der Waals surface area contributed by atoms with Crippen molar-refractivity contribution in [3.8, 4) is 0 Å². The number of nitrogens with one attached hydrogen (secondary N) is 1. The monoisotopic (exact) mass is 215 g/mol. The fourth-order valence-electron chi connectivity index (χ4n) is 0.966. The normalized spacial score (nSPS) is 11.0. The maximum atomic E-state index is 11.4. The molecule has 1 rings (SSSR count). The van der Waals surface area contributed by atoms with E-state index in [1.807, 2.05) is 11.6 Å². The molecule has 1 aromatic carbocycles. The van der Waals surface area contributed by atoms with Gasteiger partial charge in [-0.25, -0.2) is 13.1 Å². The summed E-state index contributed by atoms with van der Waals surface area (Å²) in [6.07, 6.45) is 0. The highest BCUT2D eigenvalue weighted by atomic mass is 32.2. The summed E-state index contributed by atoms with van der Waals surface area (Å²) in [7, 11) is -3.68. The fourth-order valence-corrected chi connectivity index (χ4v) is 1.96. The van der Waals surface area contributed by atoms with Crippen LogP contribution in [0.2, 0.25) is 0 Å². The van der Waals surface area contributed by atoms with E-state index in [1.165, 1.54) is 12.1 Å². The number of amides is 1. The van der Waals surface area contributed by atoms with Crippen LogP contribution in [0, 0.1) is 6.92 Å². The summed E-state index contributed by atoms with van der Waals surface area (Å²) in [5, 5.41) is 0. The Morgan fingerprint density at radius 3 is 2.21 bits per heavy atom. The third-order valence-corrected chi connectivity index (χ3v) is 3.06. The lowest BCUT2D eigenvalue weighted by molar-refractivity contribution is -0.117. The van der Waals surface area contributed by atoms with E-state index < -0.39 is 15.9 Å². The average molecular weight is 215 g/mol. The van der Waals surface area contributed by atoms with Crippen LogP contribution >= 0.6 is 0 Å². The molecule has 1 aromatic rings. The Hall–Kier alpha value is -1.36. The second-order valence-electron chi connectivity index (χ2n) is 2.97. The van der Waals surface area contributed by atoms with Crippen molar-refractivity contribution in [2.45, 2.75) is 18.7 Å². The van der Waals surface area contributed by atoms with Crippen molar-refractivity contribution in [3.05, 3.63) is 29.8 Å². The molecule has 0 aliphatic carbocycles. The number of rotatable bonds is 2. The minimum Gasteiger partial charge on any atom is -0.274 e. The first-order valence-electron chi connectivity index (χ1n) is 4.02. The third-order valence-electron chi connectivity index (χ3n) is 1.61. The molecule has 0 fully saturated rings. The molecule has 0 unspecified atom stereocenters. The Labute approximate surface area is 84.5 Å². The Balaban J connectivity index is 0.00000196. The van der Waals surface area contributed by atoms with Gasteiger partial charge in [-0.3, -0.25) is 4.79 Å². The molecule has 0 atom stereocenters. The van der Waals surface area contributed by atoms with E-state index >= 15 is 0 Å². The summed E-state index contributed by atoms with van der Waals surface area (Å²) < 4.78 is 24.7. The van der Waals surface area contributed by atoms with Crippen LogP contribution in [0.3, 0.4) is 0 Å². The first-order valence-corrected chi connectivity index (χ1v) is 5.50. The van der Waals surface area contributed by atoms with Gasteiger partial charge in [-0.05, 0) is 19.1 Å². The molecular weight excluding hydrogens is 202 g/mol. The lowest BCUT2D eigenvalue weighted by Gasteiger charge is -2.04. The highest BCUT2D eigenvalue weighted by molar-refractivity contribution is 7.90. The summed E-state index contributed by atoms with van der Waals surface area (Å²) in [6.45, 7) is 3.01. The maximum Gasteiger partial charge on any atom is 0.264 e. The summed E-state index contributed by atoms with van der Waals surface area (Å²) >= 11 is 0. The number of sulfonamides is 1. The first kappa shape index (κ1) is 10.7. The zero-order valence-corrected chi connectivity index (χ0v) is 8.76. The number of carbonyl (C=O) groups excluding carboxylic acids is 1. The topological polar surface area (TPSA) is 63.2 Å². The molecule has 1 amide bonds. The van der Waals surface area contributed by atoms with Gasteiger partial charge >= 0.3 is 0 Å². The van der Waals surface area contributed by atoms with E-state index in [4.69, 9.17) is 0 Å². The van der Waals surface area contributed by atoms with Crippen LogP contribution < -0.4 is 4.72 Å². The minimum atomic E-state index is -3.68. The Bertz CT molecular complexity index is 439. The standard InChI is InChI=1S/C9H11NO3S.H2/c1-7-3-5-9(6-4-7)14(12,13)10-8(2)11;/h3-6H,1-2H3,(H,10,11);1H. The molecule has 4 nitrogen and oxygen atoms in total. The molecule has 0 radical (unpaired) electrons. The molecule has 0 bridgehead atoms. The van der Waals surface area contributed by atoms with Crippen molar-refractivity contribution in [1.82, 2.24) is 4.72 Å². The molecule has 0 aromatic heterocycles. The minimum absolute atomic E-state index is 0. The van der Waals surface area contributed by atoms with Crippen molar-refractivity contribution in [3.63, 3.8) is 0 Å². The Kier molecular flexibility index (Phi) is 2.90. The molecule has 0 aliphatic rings. The van der Waals surface area contributed by atoms with Crippen LogP contribution in [-0.2, 0) is 14.8 Å². The average Bonchev–Trinajstić information content (AvgIpc) is 2.02. The van der Waals surface area contributed by atoms with Gasteiger partial charge in [0.2, 0.25) is 5.91 Å². The molecule has 5 heteroatoms. The predicted octanol–water partition coefficient (Wildman–Crippen LogP) is 1.07. The Morgan fingerprint density at radius 2 is 1.79 bits per heavy atom. The lowest BCUT2D eigenvalue weighted by Crippen LogP contribution is -2.28. The number of benzene rings is 1. The van der Waals surface area contributed by atoms with E-state index in [0.29, 0.717) is 0 Å². The maximum absolute atomic E-state index is 11.4. The van der Waals surface area contributed by atoms with E-state index in [0.717, 1.165) is 12.5 Å². The second kappa shape index (κ2) is 3.79. The van der Waals surface area contributed by atoms with Gasteiger partial charge in [0.15, 0.2) is 0 Å². The SMILES string of the molecule is CC(=O)NS(=O)(=O)c1ccc(C)cc1.[HH]. The van der Waals surface area contributed by atoms with Gasteiger partial charge in [0.1, 0.15) is 0 Å². The fraction of sp³-hybridized carbons (Fsp3) is 0.222. The van der Waals surface area contributed by atoms with Crippen molar-refractivity contribution in [2.75, 3.05) is 0 Å². The van der Waals surface area contributed by atoms with E-state index in [9.17, 15) is 13.2 Å². The summed E-state index contributed by atoms with van der Waals surface area (Å²) in [4.78, 5) is 10.7. The van der Waals surface area contributed by atoms with Crippen molar-refractivity contribution >= 4 is 15.9 Å². The van der Waals surface area contributed by atoms with Gasteiger partial charge in [-0.1, -0.05) is 17.7 Å².